The van der Waals surface area contributed by atoms with Crippen molar-refractivity contribution in [2.45, 2.75) is 32.7 Å². The van der Waals surface area contributed by atoms with Gasteiger partial charge in [0, 0.05) is 27.5 Å². The third kappa shape index (κ3) is 4.31. The summed E-state index contributed by atoms with van der Waals surface area (Å²) in [6.07, 6.45) is 2.32. The van der Waals surface area contributed by atoms with Crippen molar-refractivity contribution in [3.63, 3.8) is 0 Å². The first-order valence-corrected chi connectivity index (χ1v) is 9.00. The smallest absolute Gasteiger partial charge is 0.344 e. The molecule has 1 aliphatic rings. The van der Waals surface area contributed by atoms with E-state index in [-0.39, 0.29) is 19.0 Å². The number of hydrogen-bond donors (Lipinski definition) is 0. The molecule has 1 aliphatic carbocycles. The number of esters is 1. The van der Waals surface area contributed by atoms with E-state index in [1.54, 1.807) is 12.1 Å². The van der Waals surface area contributed by atoms with Crippen molar-refractivity contribution in [2.24, 2.45) is 0 Å². The molecule has 0 unspecified atom stereocenters. The summed E-state index contributed by atoms with van der Waals surface area (Å²) in [7, 11) is 0. The fourth-order valence-corrected chi connectivity index (χ4v) is 3.30. The number of carbonyl (C=O) groups excluding carboxylic acids is 2. The number of ether oxygens (including phenoxy) is 2. The van der Waals surface area contributed by atoms with Crippen LogP contribution >= 0.6 is 15.9 Å². The van der Waals surface area contributed by atoms with Crippen molar-refractivity contribution in [1.29, 1.82) is 0 Å². The number of carbonyl (C=O) groups is 2. The van der Waals surface area contributed by atoms with E-state index < -0.39 is 5.97 Å². The third-order valence-electron chi connectivity index (χ3n) is 4.21. The molecule has 0 atom stereocenters. The van der Waals surface area contributed by atoms with Gasteiger partial charge >= 0.3 is 5.97 Å². The van der Waals surface area contributed by atoms with E-state index in [4.69, 9.17) is 9.47 Å². The van der Waals surface area contributed by atoms with Crippen LogP contribution in [-0.2, 0) is 9.53 Å². The van der Waals surface area contributed by atoms with Gasteiger partial charge in [0.05, 0.1) is 0 Å². The molecule has 0 radical (unpaired) electrons. The van der Waals surface area contributed by atoms with Gasteiger partial charge in [-0.05, 0) is 51.0 Å². The lowest BCUT2D eigenvalue weighted by molar-refractivity contribution is -0.144. The number of Topliss-reactive ketones (excluding diaryl/α,β-unsaturated/α-hetero) is 1. The van der Waals surface area contributed by atoms with Gasteiger partial charge in [0.1, 0.15) is 5.75 Å². The highest BCUT2D eigenvalue weighted by Crippen LogP contribution is 2.38. The zero-order valence-corrected chi connectivity index (χ0v) is 15.8. The van der Waals surface area contributed by atoms with Gasteiger partial charge in [-0.3, -0.25) is 4.79 Å². The van der Waals surface area contributed by atoms with Gasteiger partial charge in [0.15, 0.2) is 13.2 Å². The summed E-state index contributed by atoms with van der Waals surface area (Å²) < 4.78 is 13.5. The lowest BCUT2D eigenvalue weighted by atomic mass is 10.1. The van der Waals surface area contributed by atoms with Crippen LogP contribution in [0.5, 0.6) is 5.75 Å². The number of nitrogens with zero attached hydrogens (tertiary/aromatic N) is 1. The molecule has 0 saturated heterocycles. The Hall–Kier alpha value is -2.08. The minimum absolute atomic E-state index is 0.184. The maximum absolute atomic E-state index is 12.4. The van der Waals surface area contributed by atoms with Gasteiger partial charge in [-0.15, -0.1) is 0 Å². The third-order valence-corrected chi connectivity index (χ3v) is 4.71. The average molecular weight is 406 g/mol. The predicted octanol–water partition coefficient (Wildman–Crippen LogP) is 4.01. The van der Waals surface area contributed by atoms with Crippen LogP contribution in [0.2, 0.25) is 0 Å². The molecule has 0 bridgehead atoms. The molecule has 1 aromatic carbocycles. The second-order valence-corrected chi connectivity index (χ2v) is 7.13. The van der Waals surface area contributed by atoms with Crippen LogP contribution in [0.25, 0.3) is 0 Å². The normalized spacial score (nSPS) is 13.6. The Morgan fingerprint density at radius 3 is 2.64 bits per heavy atom. The van der Waals surface area contributed by atoms with E-state index in [9.17, 15) is 9.59 Å². The van der Waals surface area contributed by atoms with Crippen LogP contribution < -0.4 is 4.74 Å². The number of ketones is 1. The average Bonchev–Trinajstić information content (AvgIpc) is 3.36. The van der Waals surface area contributed by atoms with Crippen LogP contribution in [0.1, 0.15) is 40.6 Å². The molecule has 2 aromatic rings. The van der Waals surface area contributed by atoms with Crippen LogP contribution in [-0.4, -0.2) is 29.5 Å². The Balaban J connectivity index is 1.52. The van der Waals surface area contributed by atoms with E-state index in [2.05, 4.69) is 20.5 Å². The molecule has 1 aromatic heterocycles. The highest BCUT2D eigenvalue weighted by molar-refractivity contribution is 9.10. The first-order chi connectivity index (χ1) is 12.0. The molecule has 1 saturated carbocycles. The van der Waals surface area contributed by atoms with E-state index in [1.807, 2.05) is 32.0 Å². The van der Waals surface area contributed by atoms with Crippen molar-refractivity contribution in [3.8, 4) is 5.75 Å². The molecule has 3 rings (SSSR count). The van der Waals surface area contributed by atoms with Crippen molar-refractivity contribution in [2.75, 3.05) is 13.2 Å². The Bertz CT molecular complexity index is 808. The predicted molar refractivity (Wildman–Crippen MR) is 97.1 cm³/mol. The largest absolute Gasteiger partial charge is 0.482 e. The lowest BCUT2D eigenvalue weighted by Gasteiger charge is -2.08. The van der Waals surface area contributed by atoms with Gasteiger partial charge < -0.3 is 14.0 Å². The molecule has 0 N–H and O–H groups in total. The van der Waals surface area contributed by atoms with E-state index in [1.165, 1.54) is 0 Å². The van der Waals surface area contributed by atoms with Crippen LogP contribution in [0.3, 0.4) is 0 Å². The van der Waals surface area contributed by atoms with Crippen LogP contribution in [0, 0.1) is 13.8 Å². The lowest BCUT2D eigenvalue weighted by Crippen LogP contribution is -2.19. The Kier molecular flexibility index (Phi) is 5.27. The summed E-state index contributed by atoms with van der Waals surface area (Å²) in [5, 5.41) is 0. The Labute approximate surface area is 155 Å². The van der Waals surface area contributed by atoms with Crippen molar-refractivity contribution in [1.82, 2.24) is 4.57 Å². The number of rotatable bonds is 7. The molecule has 0 spiro atoms. The topological polar surface area (TPSA) is 57.5 Å². The quantitative estimate of drug-likeness (QED) is 0.515. The molecule has 25 heavy (non-hydrogen) atoms. The zero-order valence-electron chi connectivity index (χ0n) is 14.3. The fourth-order valence-electron chi connectivity index (χ4n) is 2.92. The summed E-state index contributed by atoms with van der Waals surface area (Å²) in [6.45, 7) is 3.44. The second-order valence-electron chi connectivity index (χ2n) is 6.22. The first-order valence-electron chi connectivity index (χ1n) is 8.21. The van der Waals surface area contributed by atoms with Gasteiger partial charge in [0.25, 0.3) is 0 Å². The summed E-state index contributed by atoms with van der Waals surface area (Å²) in [6, 6.07) is 9.57. The van der Waals surface area contributed by atoms with Gasteiger partial charge in [0.2, 0.25) is 5.78 Å². The molecule has 132 valence electrons. The summed E-state index contributed by atoms with van der Waals surface area (Å²) in [4.78, 5) is 24.2. The highest BCUT2D eigenvalue weighted by atomic mass is 79.9. The number of hydrogen-bond acceptors (Lipinski definition) is 4. The molecular weight excluding hydrogens is 386 g/mol. The maximum atomic E-state index is 12.4. The molecular formula is C19H20BrNO4. The SMILES string of the molecule is Cc1cc(C(=O)COC(=O)COc2cccc(Br)c2)c(C)n1C1CC1. The highest BCUT2D eigenvalue weighted by Gasteiger charge is 2.28. The van der Waals surface area contributed by atoms with Crippen LogP contribution in [0.15, 0.2) is 34.8 Å². The zero-order chi connectivity index (χ0) is 18.0. The van der Waals surface area contributed by atoms with Gasteiger partial charge in [-0.1, -0.05) is 22.0 Å². The van der Waals surface area contributed by atoms with Gasteiger partial charge in [-0.25, -0.2) is 4.79 Å². The maximum Gasteiger partial charge on any atom is 0.344 e. The minimum Gasteiger partial charge on any atom is -0.482 e. The summed E-state index contributed by atoms with van der Waals surface area (Å²) in [5.41, 5.74) is 2.66. The van der Waals surface area contributed by atoms with E-state index >= 15 is 0 Å². The molecule has 0 aliphatic heterocycles. The number of halogens is 1. The fraction of sp³-hybridized carbons (Fsp3) is 0.368. The second kappa shape index (κ2) is 7.44. The minimum atomic E-state index is -0.565. The number of aromatic nitrogens is 1. The molecule has 5 nitrogen and oxygen atoms in total. The monoisotopic (exact) mass is 405 g/mol. The summed E-state index contributed by atoms with van der Waals surface area (Å²) in [5.74, 6) is -0.189. The molecule has 0 amide bonds. The standard InChI is InChI=1S/C19H20BrNO4/c1-12-8-17(13(2)21(12)15-6-7-15)18(22)10-25-19(23)11-24-16-5-3-4-14(20)9-16/h3-5,8-9,15H,6-7,10-11H2,1-2H3. The van der Waals surface area contributed by atoms with Crippen molar-refractivity contribution in [3.05, 3.63) is 51.8 Å². The Morgan fingerprint density at radius 1 is 1.20 bits per heavy atom. The van der Waals surface area contributed by atoms with Crippen molar-refractivity contribution < 1.29 is 19.1 Å². The van der Waals surface area contributed by atoms with E-state index in [0.29, 0.717) is 17.4 Å². The Morgan fingerprint density at radius 2 is 1.96 bits per heavy atom. The van der Waals surface area contributed by atoms with E-state index in [0.717, 1.165) is 28.7 Å². The summed E-state index contributed by atoms with van der Waals surface area (Å²) >= 11 is 3.33. The van der Waals surface area contributed by atoms with Gasteiger partial charge in [-0.2, -0.15) is 0 Å². The molecule has 6 heteroatoms. The first kappa shape index (κ1) is 17.7. The number of benzene rings is 1. The van der Waals surface area contributed by atoms with Crippen LogP contribution in [0.4, 0.5) is 0 Å². The van der Waals surface area contributed by atoms with Crippen molar-refractivity contribution >= 4 is 27.7 Å². The molecule has 1 heterocycles. The number of aryl methyl sites for hydroxylation is 1. The molecule has 1 fully saturated rings.